The second-order valence-corrected chi connectivity index (χ2v) is 10.4. The lowest BCUT2D eigenvalue weighted by Crippen LogP contribution is -2.02. The largest absolute Gasteiger partial charge is 0.456 e. The first-order chi connectivity index (χ1) is 20.3. The molecule has 7 aromatic rings. The van der Waals surface area contributed by atoms with Crippen LogP contribution in [0.5, 0.6) is 0 Å². The number of allylic oxidation sites excluding steroid dienone is 4. The molecule has 1 aliphatic carbocycles. The summed E-state index contributed by atoms with van der Waals surface area (Å²) in [5, 5.41) is 4.33. The van der Waals surface area contributed by atoms with Crippen molar-refractivity contribution in [3.8, 4) is 34.2 Å². The van der Waals surface area contributed by atoms with Crippen molar-refractivity contribution in [1.29, 1.82) is 0 Å². The van der Waals surface area contributed by atoms with Crippen LogP contribution < -0.4 is 0 Å². The van der Waals surface area contributed by atoms with Crippen molar-refractivity contribution >= 4 is 32.7 Å². The molecule has 0 radical (unpaired) electrons. The van der Waals surface area contributed by atoms with Crippen molar-refractivity contribution in [2.75, 3.05) is 0 Å². The van der Waals surface area contributed by atoms with Gasteiger partial charge in [0.15, 0.2) is 17.5 Å². The van der Waals surface area contributed by atoms with Crippen molar-refractivity contribution in [2.45, 2.75) is 12.3 Å². The number of hydrogen-bond donors (Lipinski definition) is 0. The first-order valence-corrected chi connectivity index (χ1v) is 13.9. The third kappa shape index (κ3) is 4.12. The maximum Gasteiger partial charge on any atom is 0.164 e. The number of rotatable bonds is 4. The molecule has 41 heavy (non-hydrogen) atoms. The standard InChI is InChI=1S/C37H25N3O/c1-3-12-24(13-4-1)27-22-31(34-30-19-9-10-21-32(30)41-33(34)23-27)37-39-35(26-15-5-2-6-16-26)38-36(40-37)29-20-11-17-25-14-7-8-18-28(25)29/h1-12,14-24H,13H2. The summed E-state index contributed by atoms with van der Waals surface area (Å²) in [5.74, 6) is 2.18. The van der Waals surface area contributed by atoms with Gasteiger partial charge in [-0.3, -0.25) is 0 Å². The molecule has 2 heterocycles. The number of furan rings is 1. The van der Waals surface area contributed by atoms with Gasteiger partial charge in [0.1, 0.15) is 11.2 Å². The molecule has 4 nitrogen and oxygen atoms in total. The second kappa shape index (κ2) is 9.68. The molecule has 4 heteroatoms. The first-order valence-electron chi connectivity index (χ1n) is 13.9. The molecule has 8 rings (SSSR count). The third-order valence-corrected chi connectivity index (χ3v) is 7.85. The van der Waals surface area contributed by atoms with Crippen LogP contribution in [0.2, 0.25) is 0 Å². The van der Waals surface area contributed by atoms with Gasteiger partial charge in [0.25, 0.3) is 0 Å². The Morgan fingerprint density at radius 1 is 0.585 bits per heavy atom. The van der Waals surface area contributed by atoms with E-state index in [2.05, 4.69) is 85.0 Å². The summed E-state index contributed by atoms with van der Waals surface area (Å²) in [6.45, 7) is 0. The van der Waals surface area contributed by atoms with Crippen LogP contribution in [0.4, 0.5) is 0 Å². The fraction of sp³-hybridized carbons (Fsp3) is 0.0541. The molecule has 0 amide bonds. The van der Waals surface area contributed by atoms with Crippen LogP contribution >= 0.6 is 0 Å². The summed E-state index contributed by atoms with van der Waals surface area (Å²) in [4.78, 5) is 15.3. The predicted molar refractivity (Wildman–Crippen MR) is 167 cm³/mol. The lowest BCUT2D eigenvalue weighted by atomic mass is 9.90. The number of fused-ring (bicyclic) bond motifs is 4. The average Bonchev–Trinajstić information content (AvgIpc) is 3.43. The van der Waals surface area contributed by atoms with Gasteiger partial charge in [-0.2, -0.15) is 0 Å². The zero-order chi connectivity index (χ0) is 27.2. The van der Waals surface area contributed by atoms with Gasteiger partial charge >= 0.3 is 0 Å². The average molecular weight is 528 g/mol. The quantitative estimate of drug-likeness (QED) is 0.229. The summed E-state index contributed by atoms with van der Waals surface area (Å²) in [6, 6.07) is 37.4. The van der Waals surface area contributed by atoms with Gasteiger partial charge in [-0.1, -0.05) is 115 Å². The van der Waals surface area contributed by atoms with Gasteiger partial charge < -0.3 is 4.42 Å². The maximum absolute atomic E-state index is 6.42. The summed E-state index contributed by atoms with van der Waals surface area (Å²) in [7, 11) is 0. The van der Waals surface area contributed by atoms with Gasteiger partial charge in [0.2, 0.25) is 0 Å². The Bertz CT molecular complexity index is 2130. The number of nitrogens with zero attached hydrogens (tertiary/aromatic N) is 3. The Morgan fingerprint density at radius 2 is 1.32 bits per heavy atom. The molecule has 0 spiro atoms. The molecule has 194 valence electrons. The normalized spacial score (nSPS) is 14.8. The van der Waals surface area contributed by atoms with Gasteiger partial charge in [-0.15, -0.1) is 0 Å². The molecule has 1 unspecified atom stereocenters. The van der Waals surface area contributed by atoms with Crippen molar-refractivity contribution in [3.05, 3.63) is 139 Å². The van der Waals surface area contributed by atoms with E-state index in [1.165, 1.54) is 5.56 Å². The number of hydrogen-bond acceptors (Lipinski definition) is 4. The van der Waals surface area contributed by atoms with Crippen LogP contribution in [0, 0.1) is 0 Å². The highest BCUT2D eigenvalue weighted by atomic mass is 16.3. The molecule has 1 aliphatic rings. The predicted octanol–water partition coefficient (Wildman–Crippen LogP) is 9.52. The van der Waals surface area contributed by atoms with Crippen molar-refractivity contribution < 1.29 is 4.42 Å². The molecule has 2 aromatic heterocycles. The Morgan fingerprint density at radius 3 is 2.17 bits per heavy atom. The third-order valence-electron chi connectivity index (χ3n) is 7.85. The van der Waals surface area contributed by atoms with Gasteiger partial charge in [-0.05, 0) is 41.0 Å². The number of para-hydroxylation sites is 1. The smallest absolute Gasteiger partial charge is 0.164 e. The monoisotopic (exact) mass is 527 g/mol. The van der Waals surface area contributed by atoms with Crippen molar-refractivity contribution in [1.82, 2.24) is 15.0 Å². The first kappa shape index (κ1) is 23.5. The highest BCUT2D eigenvalue weighted by Gasteiger charge is 2.21. The van der Waals surface area contributed by atoms with E-state index in [4.69, 9.17) is 19.4 Å². The van der Waals surface area contributed by atoms with Crippen molar-refractivity contribution in [3.63, 3.8) is 0 Å². The van der Waals surface area contributed by atoms with Gasteiger partial charge in [0.05, 0.1) is 0 Å². The van der Waals surface area contributed by atoms with E-state index in [1.807, 2.05) is 48.5 Å². The topological polar surface area (TPSA) is 51.8 Å². The molecular weight excluding hydrogens is 502 g/mol. The van der Waals surface area contributed by atoms with E-state index < -0.39 is 0 Å². The summed E-state index contributed by atoms with van der Waals surface area (Å²) < 4.78 is 6.42. The Hall–Kier alpha value is -5.35. The number of aromatic nitrogens is 3. The van der Waals surface area contributed by atoms with Crippen molar-refractivity contribution in [2.24, 2.45) is 0 Å². The van der Waals surface area contributed by atoms with E-state index in [1.54, 1.807) is 0 Å². The van der Waals surface area contributed by atoms with Gasteiger partial charge in [0, 0.05) is 33.4 Å². The van der Waals surface area contributed by atoms with Crippen LogP contribution in [-0.4, -0.2) is 15.0 Å². The molecule has 0 N–H and O–H groups in total. The van der Waals surface area contributed by atoms with Crippen LogP contribution in [0.3, 0.4) is 0 Å². The molecule has 0 fully saturated rings. The zero-order valence-corrected chi connectivity index (χ0v) is 22.2. The fourth-order valence-electron chi connectivity index (χ4n) is 5.85. The minimum absolute atomic E-state index is 0.254. The minimum Gasteiger partial charge on any atom is -0.456 e. The SMILES string of the molecule is C1=CCC(c2cc(-c3nc(-c4ccccc4)nc(-c4cccc5ccccc45)n3)c3c(c2)oc2ccccc23)C=C1. The van der Waals surface area contributed by atoms with E-state index in [-0.39, 0.29) is 5.92 Å². The summed E-state index contributed by atoms with van der Waals surface area (Å²) >= 11 is 0. The minimum atomic E-state index is 0.254. The highest BCUT2D eigenvalue weighted by Crippen LogP contribution is 2.40. The van der Waals surface area contributed by atoms with Crippen LogP contribution in [0.25, 0.3) is 66.9 Å². The second-order valence-electron chi connectivity index (χ2n) is 10.4. The zero-order valence-electron chi connectivity index (χ0n) is 22.2. The van der Waals surface area contributed by atoms with E-state index in [9.17, 15) is 0 Å². The Balaban J connectivity index is 1.44. The molecule has 0 saturated heterocycles. The van der Waals surface area contributed by atoms with E-state index in [0.29, 0.717) is 17.5 Å². The van der Waals surface area contributed by atoms with E-state index >= 15 is 0 Å². The Labute approximate surface area is 237 Å². The molecule has 0 aliphatic heterocycles. The molecule has 1 atom stereocenters. The molecule has 5 aromatic carbocycles. The van der Waals surface area contributed by atoms with Crippen LogP contribution in [-0.2, 0) is 0 Å². The summed E-state index contributed by atoms with van der Waals surface area (Å²) in [5.41, 5.74) is 5.75. The van der Waals surface area contributed by atoms with Crippen LogP contribution in [0.1, 0.15) is 17.9 Å². The highest BCUT2D eigenvalue weighted by molar-refractivity contribution is 6.12. The van der Waals surface area contributed by atoms with Crippen LogP contribution in [0.15, 0.2) is 138 Å². The maximum atomic E-state index is 6.42. The lowest BCUT2D eigenvalue weighted by molar-refractivity contribution is 0.667. The Kier molecular flexibility index (Phi) is 5.56. The van der Waals surface area contributed by atoms with E-state index in [0.717, 1.165) is 55.8 Å². The molecule has 0 saturated carbocycles. The molecular formula is C37H25N3O. The lowest BCUT2D eigenvalue weighted by Gasteiger charge is -2.16. The summed E-state index contributed by atoms with van der Waals surface area (Å²) in [6.07, 6.45) is 9.62. The number of benzene rings is 5. The van der Waals surface area contributed by atoms with Gasteiger partial charge in [-0.25, -0.2) is 15.0 Å². The fourth-order valence-corrected chi connectivity index (χ4v) is 5.85. The molecule has 0 bridgehead atoms.